The fourth-order valence-corrected chi connectivity index (χ4v) is 4.65. The van der Waals surface area contributed by atoms with Crippen molar-refractivity contribution in [3.63, 3.8) is 0 Å². The fraction of sp³-hybridized carbons (Fsp3) is 0.789. The van der Waals surface area contributed by atoms with E-state index in [1.807, 2.05) is 0 Å². The number of hydrogen-bond acceptors (Lipinski definition) is 4. The SMILES string of the molecule is CCNC(=NCC1(CCO)CCCCC1)NCCc1sc(C)nc1C. The summed E-state index contributed by atoms with van der Waals surface area (Å²) in [6, 6.07) is 0. The van der Waals surface area contributed by atoms with Crippen LogP contribution in [-0.4, -0.2) is 42.3 Å². The molecule has 0 aromatic carbocycles. The van der Waals surface area contributed by atoms with E-state index in [1.165, 1.54) is 37.0 Å². The van der Waals surface area contributed by atoms with Crippen LogP contribution in [0, 0.1) is 19.3 Å². The number of nitrogens with zero attached hydrogens (tertiary/aromatic N) is 2. The van der Waals surface area contributed by atoms with Gasteiger partial charge >= 0.3 is 0 Å². The van der Waals surface area contributed by atoms with Gasteiger partial charge in [-0.15, -0.1) is 11.3 Å². The summed E-state index contributed by atoms with van der Waals surface area (Å²) < 4.78 is 0. The standard InChI is InChI=1S/C19H34N4OS/c1-4-20-18(21-12-8-17-15(2)23-16(3)25-17)22-14-19(11-13-24)9-6-5-7-10-19/h24H,4-14H2,1-3H3,(H2,20,21,22). The van der Waals surface area contributed by atoms with E-state index in [2.05, 4.69) is 36.4 Å². The maximum absolute atomic E-state index is 9.46. The van der Waals surface area contributed by atoms with E-state index in [0.29, 0.717) is 0 Å². The van der Waals surface area contributed by atoms with Gasteiger partial charge in [0.15, 0.2) is 5.96 Å². The zero-order valence-corrected chi connectivity index (χ0v) is 16.8. The van der Waals surface area contributed by atoms with E-state index >= 15 is 0 Å². The molecule has 0 saturated heterocycles. The third-order valence-electron chi connectivity index (χ3n) is 5.12. The Morgan fingerprint density at radius 1 is 1.24 bits per heavy atom. The van der Waals surface area contributed by atoms with Gasteiger partial charge < -0.3 is 15.7 Å². The van der Waals surface area contributed by atoms with Crippen LogP contribution in [0.15, 0.2) is 4.99 Å². The molecule has 142 valence electrons. The number of aliphatic hydroxyl groups is 1. The van der Waals surface area contributed by atoms with Gasteiger partial charge in [-0.1, -0.05) is 19.3 Å². The second-order valence-electron chi connectivity index (χ2n) is 7.15. The number of nitrogens with one attached hydrogen (secondary N) is 2. The van der Waals surface area contributed by atoms with E-state index in [9.17, 15) is 5.11 Å². The molecule has 0 radical (unpaired) electrons. The van der Waals surface area contributed by atoms with Crippen molar-refractivity contribution >= 4 is 17.3 Å². The van der Waals surface area contributed by atoms with E-state index in [4.69, 9.17) is 4.99 Å². The van der Waals surface area contributed by atoms with Gasteiger partial charge in [0, 0.05) is 37.5 Å². The first-order valence-corrected chi connectivity index (χ1v) is 10.5. The van der Waals surface area contributed by atoms with Crippen molar-refractivity contribution in [2.75, 3.05) is 26.2 Å². The highest BCUT2D eigenvalue weighted by molar-refractivity contribution is 7.11. The normalized spacial score (nSPS) is 17.5. The first-order valence-electron chi connectivity index (χ1n) is 9.64. The van der Waals surface area contributed by atoms with Crippen molar-refractivity contribution in [3.8, 4) is 0 Å². The summed E-state index contributed by atoms with van der Waals surface area (Å²) in [6.07, 6.45) is 8.08. The second-order valence-corrected chi connectivity index (χ2v) is 8.44. The maximum atomic E-state index is 9.46. The minimum absolute atomic E-state index is 0.195. The highest BCUT2D eigenvalue weighted by atomic mass is 32.1. The highest BCUT2D eigenvalue weighted by Gasteiger charge is 2.31. The van der Waals surface area contributed by atoms with Crippen LogP contribution < -0.4 is 10.6 Å². The number of hydrogen-bond donors (Lipinski definition) is 3. The molecule has 5 nitrogen and oxygen atoms in total. The molecule has 1 saturated carbocycles. The lowest BCUT2D eigenvalue weighted by Gasteiger charge is -2.35. The van der Waals surface area contributed by atoms with Crippen molar-refractivity contribution in [1.29, 1.82) is 0 Å². The van der Waals surface area contributed by atoms with Crippen LogP contribution in [0.4, 0.5) is 0 Å². The van der Waals surface area contributed by atoms with Gasteiger partial charge in [0.2, 0.25) is 0 Å². The lowest BCUT2D eigenvalue weighted by molar-refractivity contribution is 0.137. The molecule has 1 heterocycles. The molecule has 25 heavy (non-hydrogen) atoms. The van der Waals surface area contributed by atoms with Gasteiger partial charge in [-0.3, -0.25) is 4.99 Å². The highest BCUT2D eigenvalue weighted by Crippen LogP contribution is 2.39. The molecule has 2 rings (SSSR count). The summed E-state index contributed by atoms with van der Waals surface area (Å²) in [4.78, 5) is 10.7. The molecule has 1 aromatic rings. The molecule has 0 atom stereocenters. The lowest BCUT2D eigenvalue weighted by Crippen LogP contribution is -2.40. The Morgan fingerprint density at radius 3 is 2.60 bits per heavy atom. The van der Waals surface area contributed by atoms with Crippen LogP contribution >= 0.6 is 11.3 Å². The van der Waals surface area contributed by atoms with Crippen LogP contribution in [-0.2, 0) is 6.42 Å². The second kappa shape index (κ2) is 10.1. The van der Waals surface area contributed by atoms with Gasteiger partial charge in [-0.05, 0) is 45.4 Å². The van der Waals surface area contributed by atoms with E-state index < -0.39 is 0 Å². The molecule has 0 aliphatic heterocycles. The number of thiazole rings is 1. The Morgan fingerprint density at radius 2 is 2.00 bits per heavy atom. The van der Waals surface area contributed by atoms with Crippen molar-refractivity contribution in [2.45, 2.75) is 65.7 Å². The van der Waals surface area contributed by atoms with Crippen LogP contribution in [0.3, 0.4) is 0 Å². The monoisotopic (exact) mass is 366 g/mol. The number of aliphatic imine (C=N–C) groups is 1. The zero-order chi connectivity index (χ0) is 18.1. The molecule has 1 aliphatic rings. The molecule has 1 aliphatic carbocycles. The summed E-state index contributed by atoms with van der Waals surface area (Å²) >= 11 is 1.78. The van der Waals surface area contributed by atoms with Gasteiger partial charge in [0.1, 0.15) is 0 Å². The topological polar surface area (TPSA) is 69.5 Å². The number of aliphatic hydroxyl groups excluding tert-OH is 1. The average Bonchev–Trinajstić information content (AvgIpc) is 2.91. The number of guanidine groups is 1. The molecular weight excluding hydrogens is 332 g/mol. The Balaban J connectivity index is 1.91. The Bertz CT molecular complexity index is 544. The van der Waals surface area contributed by atoms with Crippen molar-refractivity contribution in [1.82, 2.24) is 15.6 Å². The third kappa shape index (κ3) is 6.26. The van der Waals surface area contributed by atoms with Gasteiger partial charge in [-0.2, -0.15) is 0 Å². The Hall–Kier alpha value is -1.14. The third-order valence-corrected chi connectivity index (χ3v) is 6.25. The molecule has 0 spiro atoms. The molecule has 1 aromatic heterocycles. The van der Waals surface area contributed by atoms with Crippen molar-refractivity contribution < 1.29 is 5.11 Å². The Labute approximate surface area is 156 Å². The molecule has 6 heteroatoms. The van der Waals surface area contributed by atoms with Gasteiger partial charge in [0.05, 0.1) is 10.7 Å². The molecule has 0 unspecified atom stereocenters. The number of aromatic nitrogens is 1. The van der Waals surface area contributed by atoms with E-state index in [-0.39, 0.29) is 12.0 Å². The maximum Gasteiger partial charge on any atom is 0.191 e. The first-order chi connectivity index (χ1) is 12.1. The van der Waals surface area contributed by atoms with E-state index in [0.717, 1.165) is 49.1 Å². The smallest absolute Gasteiger partial charge is 0.191 e. The van der Waals surface area contributed by atoms with Crippen LogP contribution in [0.5, 0.6) is 0 Å². The van der Waals surface area contributed by atoms with Crippen molar-refractivity contribution in [3.05, 3.63) is 15.6 Å². The predicted molar refractivity (Wildman–Crippen MR) is 106 cm³/mol. The minimum Gasteiger partial charge on any atom is -0.396 e. The quantitative estimate of drug-likeness (QED) is 0.488. The predicted octanol–water partition coefficient (Wildman–Crippen LogP) is 3.19. The van der Waals surface area contributed by atoms with Crippen LogP contribution in [0.25, 0.3) is 0 Å². The largest absolute Gasteiger partial charge is 0.396 e. The summed E-state index contributed by atoms with van der Waals surface area (Å²) in [7, 11) is 0. The lowest BCUT2D eigenvalue weighted by atomic mass is 9.72. The summed E-state index contributed by atoms with van der Waals surface area (Å²) in [5.41, 5.74) is 1.34. The van der Waals surface area contributed by atoms with E-state index in [1.54, 1.807) is 11.3 Å². The van der Waals surface area contributed by atoms with Crippen molar-refractivity contribution in [2.24, 2.45) is 10.4 Å². The average molecular weight is 367 g/mol. The summed E-state index contributed by atoms with van der Waals surface area (Å²) in [6.45, 7) is 9.03. The summed E-state index contributed by atoms with van der Waals surface area (Å²) in [5, 5.41) is 17.4. The van der Waals surface area contributed by atoms with Gasteiger partial charge in [-0.25, -0.2) is 4.98 Å². The molecule has 0 amide bonds. The molecule has 0 bridgehead atoms. The molecule has 3 N–H and O–H groups in total. The number of rotatable bonds is 8. The summed E-state index contributed by atoms with van der Waals surface area (Å²) in [5.74, 6) is 0.893. The first kappa shape index (κ1) is 20.2. The molecule has 1 fully saturated rings. The molecular formula is C19H34N4OS. The number of aryl methyl sites for hydroxylation is 2. The zero-order valence-electron chi connectivity index (χ0n) is 16.0. The van der Waals surface area contributed by atoms with Crippen LogP contribution in [0.2, 0.25) is 0 Å². The van der Waals surface area contributed by atoms with Gasteiger partial charge in [0.25, 0.3) is 0 Å². The Kier molecular flexibility index (Phi) is 8.16. The fourth-order valence-electron chi connectivity index (χ4n) is 3.71. The van der Waals surface area contributed by atoms with Crippen LogP contribution in [0.1, 0.15) is 61.0 Å². The minimum atomic E-state index is 0.195.